The highest BCUT2D eigenvalue weighted by Gasteiger charge is 2.31. The van der Waals surface area contributed by atoms with Crippen molar-refractivity contribution in [2.75, 3.05) is 19.0 Å². The summed E-state index contributed by atoms with van der Waals surface area (Å²) < 4.78 is 4.98. The molecule has 2 unspecified atom stereocenters. The molecular formula is C10H15N3O. The molecule has 1 aliphatic carbocycles. The van der Waals surface area contributed by atoms with Crippen LogP contribution in [-0.2, 0) is 0 Å². The van der Waals surface area contributed by atoms with E-state index in [1.54, 1.807) is 19.5 Å². The van der Waals surface area contributed by atoms with Gasteiger partial charge in [0.05, 0.1) is 19.5 Å². The van der Waals surface area contributed by atoms with Crippen molar-refractivity contribution in [2.45, 2.75) is 13.3 Å². The van der Waals surface area contributed by atoms with Crippen LogP contribution in [0, 0.1) is 11.8 Å². The van der Waals surface area contributed by atoms with Gasteiger partial charge in [-0.05, 0) is 18.3 Å². The Balaban J connectivity index is 1.88. The van der Waals surface area contributed by atoms with Gasteiger partial charge in [0.2, 0.25) is 5.88 Å². The third-order valence-electron chi connectivity index (χ3n) is 2.64. The number of ether oxygens (including phenoxy) is 1. The lowest BCUT2D eigenvalue weighted by Crippen LogP contribution is -2.06. The summed E-state index contributed by atoms with van der Waals surface area (Å²) in [5, 5.41) is 3.26. The van der Waals surface area contributed by atoms with Gasteiger partial charge in [0.1, 0.15) is 5.82 Å². The van der Waals surface area contributed by atoms with Crippen molar-refractivity contribution in [3.8, 4) is 5.88 Å². The first-order valence-electron chi connectivity index (χ1n) is 4.89. The zero-order chi connectivity index (χ0) is 9.97. The summed E-state index contributed by atoms with van der Waals surface area (Å²) in [6, 6.07) is 0. The van der Waals surface area contributed by atoms with Crippen molar-refractivity contribution in [3.05, 3.63) is 12.4 Å². The third kappa shape index (κ3) is 2.13. The molecule has 4 nitrogen and oxygen atoms in total. The minimum atomic E-state index is 0.554. The van der Waals surface area contributed by atoms with E-state index in [2.05, 4.69) is 22.2 Å². The highest BCUT2D eigenvalue weighted by atomic mass is 16.5. The molecule has 0 bridgehead atoms. The molecule has 0 aromatic carbocycles. The van der Waals surface area contributed by atoms with Crippen molar-refractivity contribution in [1.29, 1.82) is 0 Å². The molecule has 1 fully saturated rings. The molecule has 0 amide bonds. The van der Waals surface area contributed by atoms with Crippen molar-refractivity contribution in [3.63, 3.8) is 0 Å². The molecule has 0 aliphatic heterocycles. The van der Waals surface area contributed by atoms with Gasteiger partial charge in [0, 0.05) is 6.54 Å². The predicted octanol–water partition coefficient (Wildman–Crippen LogP) is 1.55. The molecule has 0 radical (unpaired) electrons. The van der Waals surface area contributed by atoms with Crippen LogP contribution < -0.4 is 10.1 Å². The fourth-order valence-electron chi connectivity index (χ4n) is 1.45. The summed E-state index contributed by atoms with van der Waals surface area (Å²) in [4.78, 5) is 8.24. The number of methoxy groups -OCH3 is 1. The molecule has 76 valence electrons. The number of hydrogen-bond donors (Lipinski definition) is 1. The van der Waals surface area contributed by atoms with Crippen molar-refractivity contribution in [2.24, 2.45) is 11.8 Å². The lowest BCUT2D eigenvalue weighted by molar-refractivity contribution is 0.396. The maximum atomic E-state index is 4.98. The molecule has 1 aromatic heterocycles. The number of hydrogen-bond acceptors (Lipinski definition) is 4. The van der Waals surface area contributed by atoms with Gasteiger partial charge < -0.3 is 10.1 Å². The molecule has 1 aromatic rings. The minimum absolute atomic E-state index is 0.554. The Kier molecular flexibility index (Phi) is 2.52. The zero-order valence-corrected chi connectivity index (χ0v) is 8.53. The third-order valence-corrected chi connectivity index (χ3v) is 2.64. The molecule has 14 heavy (non-hydrogen) atoms. The summed E-state index contributed by atoms with van der Waals surface area (Å²) in [6.45, 7) is 3.26. The Morgan fingerprint density at radius 3 is 3.00 bits per heavy atom. The highest BCUT2D eigenvalue weighted by Crippen LogP contribution is 2.37. The largest absolute Gasteiger partial charge is 0.480 e. The Labute approximate surface area is 83.7 Å². The van der Waals surface area contributed by atoms with Crippen LogP contribution in [-0.4, -0.2) is 23.6 Å². The van der Waals surface area contributed by atoms with Crippen LogP contribution in [0.3, 0.4) is 0 Å². The van der Waals surface area contributed by atoms with Crippen molar-refractivity contribution >= 4 is 5.82 Å². The maximum Gasteiger partial charge on any atom is 0.233 e. The molecule has 4 heteroatoms. The van der Waals surface area contributed by atoms with Crippen molar-refractivity contribution in [1.82, 2.24) is 9.97 Å². The van der Waals surface area contributed by atoms with Crippen LogP contribution in [0.15, 0.2) is 12.4 Å². The molecule has 1 saturated carbocycles. The van der Waals surface area contributed by atoms with Crippen molar-refractivity contribution < 1.29 is 4.74 Å². The SMILES string of the molecule is COc1cncc(NCC2CC2C)n1. The highest BCUT2D eigenvalue weighted by molar-refractivity contribution is 5.33. The van der Waals surface area contributed by atoms with E-state index in [9.17, 15) is 0 Å². The summed E-state index contributed by atoms with van der Waals surface area (Å²) in [6.07, 6.45) is 4.64. The number of aromatic nitrogens is 2. The molecular weight excluding hydrogens is 178 g/mol. The Hall–Kier alpha value is -1.32. The van der Waals surface area contributed by atoms with Gasteiger partial charge in [0.25, 0.3) is 0 Å². The fraction of sp³-hybridized carbons (Fsp3) is 0.600. The first kappa shape index (κ1) is 9.24. The van der Waals surface area contributed by atoms with Gasteiger partial charge in [-0.15, -0.1) is 0 Å². The second-order valence-corrected chi connectivity index (χ2v) is 3.80. The van der Waals surface area contributed by atoms with Gasteiger partial charge in [-0.3, -0.25) is 4.98 Å². The van der Waals surface area contributed by atoms with E-state index < -0.39 is 0 Å². The first-order chi connectivity index (χ1) is 6.79. The number of rotatable bonds is 4. The molecule has 1 heterocycles. The quantitative estimate of drug-likeness (QED) is 0.788. The summed E-state index contributed by atoms with van der Waals surface area (Å²) in [7, 11) is 1.59. The Bertz CT molecular complexity index is 316. The van der Waals surface area contributed by atoms with Gasteiger partial charge in [0.15, 0.2) is 0 Å². The standard InChI is InChI=1S/C10H15N3O/c1-7-3-8(7)4-12-9-5-11-6-10(13-9)14-2/h5-8H,3-4H2,1-2H3,(H,12,13). The molecule has 0 saturated heterocycles. The number of anilines is 1. The van der Waals surface area contributed by atoms with Crippen LogP contribution in [0.4, 0.5) is 5.82 Å². The Morgan fingerprint density at radius 2 is 2.36 bits per heavy atom. The molecule has 1 N–H and O–H groups in total. The monoisotopic (exact) mass is 193 g/mol. The molecule has 0 spiro atoms. The molecule has 2 atom stereocenters. The van der Waals surface area contributed by atoms with Crippen LogP contribution in [0.1, 0.15) is 13.3 Å². The van der Waals surface area contributed by atoms with Crippen LogP contribution in [0.5, 0.6) is 5.88 Å². The summed E-state index contributed by atoms with van der Waals surface area (Å²) in [5.41, 5.74) is 0. The van der Waals surface area contributed by atoms with Crippen LogP contribution in [0.2, 0.25) is 0 Å². The van der Waals surface area contributed by atoms with Gasteiger partial charge in [-0.2, -0.15) is 4.98 Å². The van der Waals surface area contributed by atoms with Gasteiger partial charge in [-0.1, -0.05) is 6.92 Å². The van der Waals surface area contributed by atoms with Crippen LogP contribution in [0.25, 0.3) is 0 Å². The lowest BCUT2D eigenvalue weighted by atomic mass is 10.3. The zero-order valence-electron chi connectivity index (χ0n) is 8.53. The topological polar surface area (TPSA) is 47.0 Å². The van der Waals surface area contributed by atoms with Crippen LogP contribution >= 0.6 is 0 Å². The normalized spacial score (nSPS) is 24.4. The first-order valence-corrected chi connectivity index (χ1v) is 4.89. The van der Waals surface area contributed by atoms with E-state index in [0.29, 0.717) is 5.88 Å². The minimum Gasteiger partial charge on any atom is -0.480 e. The molecule has 2 rings (SSSR count). The van der Waals surface area contributed by atoms with Gasteiger partial charge >= 0.3 is 0 Å². The fourth-order valence-corrected chi connectivity index (χ4v) is 1.45. The summed E-state index contributed by atoms with van der Waals surface area (Å²) in [5.74, 6) is 3.02. The van der Waals surface area contributed by atoms with E-state index in [1.165, 1.54) is 6.42 Å². The number of nitrogens with one attached hydrogen (secondary N) is 1. The average molecular weight is 193 g/mol. The van der Waals surface area contributed by atoms with E-state index in [-0.39, 0.29) is 0 Å². The second kappa shape index (κ2) is 3.82. The van der Waals surface area contributed by atoms with Gasteiger partial charge in [-0.25, -0.2) is 0 Å². The average Bonchev–Trinajstić information content (AvgIpc) is 2.92. The Morgan fingerprint density at radius 1 is 1.57 bits per heavy atom. The second-order valence-electron chi connectivity index (χ2n) is 3.80. The predicted molar refractivity (Wildman–Crippen MR) is 54.3 cm³/mol. The molecule has 1 aliphatic rings. The number of nitrogens with zero attached hydrogens (tertiary/aromatic N) is 2. The smallest absolute Gasteiger partial charge is 0.233 e. The van der Waals surface area contributed by atoms with E-state index in [0.717, 1.165) is 24.2 Å². The van der Waals surface area contributed by atoms with E-state index >= 15 is 0 Å². The lowest BCUT2D eigenvalue weighted by Gasteiger charge is -2.05. The maximum absolute atomic E-state index is 4.98. The summed E-state index contributed by atoms with van der Waals surface area (Å²) >= 11 is 0. The van der Waals surface area contributed by atoms with E-state index in [1.807, 2.05) is 0 Å². The van der Waals surface area contributed by atoms with E-state index in [4.69, 9.17) is 4.74 Å².